The number of amides is 2. The number of hydrogen-bond donors (Lipinski definition) is 2. The Balaban J connectivity index is 1.93. The molecule has 7 nitrogen and oxygen atoms in total. The van der Waals surface area contributed by atoms with Crippen LogP contribution in [0.5, 0.6) is 0 Å². The Hall–Kier alpha value is -1.34. The molecular weight excluding hydrogens is 264 g/mol. The molecule has 2 amide bonds. The normalized spacial score (nSPS) is 30.2. The lowest BCUT2D eigenvalue weighted by atomic mass is 10.1. The summed E-state index contributed by atoms with van der Waals surface area (Å²) in [6.07, 6.45) is 2.84. The maximum atomic E-state index is 12.3. The van der Waals surface area contributed by atoms with Gasteiger partial charge in [-0.25, -0.2) is 4.79 Å². The summed E-state index contributed by atoms with van der Waals surface area (Å²) in [4.78, 5) is 24.7. The van der Waals surface area contributed by atoms with Crippen LogP contribution in [0.2, 0.25) is 0 Å². The molecule has 0 aromatic rings. The van der Waals surface area contributed by atoms with Crippen molar-refractivity contribution in [2.75, 3.05) is 26.9 Å². The highest BCUT2D eigenvalue weighted by Crippen LogP contribution is 2.22. The number of carboxylic acid groups (broad SMARTS) is 1. The smallest absolute Gasteiger partial charge is 0.318 e. The molecule has 1 aliphatic carbocycles. The molecule has 2 rings (SSSR count). The molecule has 0 spiro atoms. The van der Waals surface area contributed by atoms with Gasteiger partial charge in [-0.3, -0.25) is 4.79 Å². The number of rotatable bonds is 4. The van der Waals surface area contributed by atoms with Crippen molar-refractivity contribution in [2.24, 2.45) is 0 Å². The van der Waals surface area contributed by atoms with Gasteiger partial charge in [0.25, 0.3) is 0 Å². The minimum atomic E-state index is -0.922. The van der Waals surface area contributed by atoms with Gasteiger partial charge in [-0.05, 0) is 19.3 Å². The Labute approximate surface area is 118 Å². The van der Waals surface area contributed by atoms with Crippen LogP contribution in [0.25, 0.3) is 0 Å². The van der Waals surface area contributed by atoms with E-state index in [1.165, 1.54) is 0 Å². The van der Waals surface area contributed by atoms with Gasteiger partial charge in [0.1, 0.15) is 0 Å². The Morgan fingerprint density at radius 3 is 2.95 bits per heavy atom. The molecule has 2 aliphatic rings. The Bertz CT molecular complexity index is 363. The number of carbonyl (C=O) groups excluding carboxylic acids is 1. The maximum absolute atomic E-state index is 12.3. The van der Waals surface area contributed by atoms with Crippen molar-refractivity contribution in [3.05, 3.63) is 0 Å². The van der Waals surface area contributed by atoms with Gasteiger partial charge in [0.05, 0.1) is 37.8 Å². The van der Waals surface area contributed by atoms with Crippen molar-refractivity contribution >= 4 is 12.0 Å². The first-order valence-corrected chi connectivity index (χ1v) is 7.01. The molecule has 20 heavy (non-hydrogen) atoms. The van der Waals surface area contributed by atoms with E-state index in [-0.39, 0.29) is 31.2 Å². The lowest BCUT2D eigenvalue weighted by Gasteiger charge is -2.36. The topological polar surface area (TPSA) is 88.1 Å². The van der Waals surface area contributed by atoms with Gasteiger partial charge in [-0.15, -0.1) is 0 Å². The van der Waals surface area contributed by atoms with Crippen molar-refractivity contribution in [1.82, 2.24) is 10.2 Å². The zero-order valence-corrected chi connectivity index (χ0v) is 11.7. The van der Waals surface area contributed by atoms with Crippen LogP contribution in [-0.2, 0) is 14.3 Å². The first kappa shape index (κ1) is 15.1. The second kappa shape index (κ2) is 6.90. The monoisotopic (exact) mass is 286 g/mol. The van der Waals surface area contributed by atoms with Crippen LogP contribution in [0, 0.1) is 0 Å². The highest BCUT2D eigenvalue weighted by Gasteiger charge is 2.33. The molecule has 0 aromatic carbocycles. The summed E-state index contributed by atoms with van der Waals surface area (Å²) in [5.74, 6) is -0.922. The van der Waals surface area contributed by atoms with Gasteiger partial charge < -0.3 is 24.8 Å². The van der Waals surface area contributed by atoms with E-state index in [4.69, 9.17) is 14.6 Å². The average Bonchev–Trinajstić information content (AvgIpc) is 2.85. The molecule has 1 saturated carbocycles. The zero-order valence-electron chi connectivity index (χ0n) is 11.7. The van der Waals surface area contributed by atoms with E-state index >= 15 is 0 Å². The van der Waals surface area contributed by atoms with E-state index in [9.17, 15) is 9.59 Å². The number of carbonyl (C=O) groups is 2. The molecule has 0 bridgehead atoms. The zero-order chi connectivity index (χ0) is 14.5. The predicted molar refractivity (Wildman–Crippen MR) is 70.5 cm³/mol. The third-order valence-corrected chi connectivity index (χ3v) is 3.96. The van der Waals surface area contributed by atoms with Crippen molar-refractivity contribution in [3.8, 4) is 0 Å². The van der Waals surface area contributed by atoms with E-state index in [1.54, 1.807) is 12.0 Å². The molecular formula is C13H22N2O5. The summed E-state index contributed by atoms with van der Waals surface area (Å²) < 4.78 is 10.6. The van der Waals surface area contributed by atoms with Crippen LogP contribution in [0.15, 0.2) is 0 Å². The molecule has 0 radical (unpaired) electrons. The molecule has 7 heteroatoms. The van der Waals surface area contributed by atoms with E-state index in [0.29, 0.717) is 13.2 Å². The Kier molecular flexibility index (Phi) is 5.19. The van der Waals surface area contributed by atoms with Gasteiger partial charge in [-0.2, -0.15) is 0 Å². The molecule has 3 atom stereocenters. The molecule has 0 aromatic heterocycles. The summed E-state index contributed by atoms with van der Waals surface area (Å²) in [7, 11) is 1.65. The van der Waals surface area contributed by atoms with Crippen LogP contribution in [-0.4, -0.2) is 67.1 Å². The number of carboxylic acids is 1. The predicted octanol–water partition coefficient (Wildman–Crippen LogP) is 0.439. The number of urea groups is 1. The first-order valence-electron chi connectivity index (χ1n) is 7.01. The molecule has 2 N–H and O–H groups in total. The molecule has 3 unspecified atom stereocenters. The van der Waals surface area contributed by atoms with Gasteiger partial charge in [0, 0.05) is 13.7 Å². The number of nitrogens with one attached hydrogen (secondary N) is 1. The van der Waals surface area contributed by atoms with Crippen LogP contribution in [0.1, 0.15) is 25.7 Å². The molecule has 1 saturated heterocycles. The maximum Gasteiger partial charge on any atom is 0.318 e. The Morgan fingerprint density at radius 2 is 2.25 bits per heavy atom. The van der Waals surface area contributed by atoms with Gasteiger partial charge >= 0.3 is 12.0 Å². The van der Waals surface area contributed by atoms with Crippen LogP contribution >= 0.6 is 0 Å². The first-order chi connectivity index (χ1) is 9.61. The van der Waals surface area contributed by atoms with Crippen LogP contribution in [0.3, 0.4) is 0 Å². The fraction of sp³-hybridized carbons (Fsp3) is 0.846. The highest BCUT2D eigenvalue weighted by molar-refractivity contribution is 5.76. The number of aliphatic carboxylic acids is 1. The fourth-order valence-electron chi connectivity index (χ4n) is 2.91. The molecule has 114 valence electrons. The van der Waals surface area contributed by atoms with Gasteiger partial charge in [0.15, 0.2) is 0 Å². The molecule has 1 heterocycles. The van der Waals surface area contributed by atoms with E-state index in [1.807, 2.05) is 0 Å². The van der Waals surface area contributed by atoms with Crippen molar-refractivity contribution in [2.45, 2.75) is 43.9 Å². The Morgan fingerprint density at radius 1 is 1.45 bits per heavy atom. The average molecular weight is 286 g/mol. The standard InChI is InChI=1S/C13H22N2O5/c1-19-11-4-2-3-10(11)14-13(18)15-5-6-20-8-9(15)7-12(16)17/h9-11H,2-8H2,1H3,(H,14,18)(H,16,17). The third kappa shape index (κ3) is 3.61. The quantitative estimate of drug-likeness (QED) is 0.783. The second-order valence-electron chi connectivity index (χ2n) is 5.28. The van der Waals surface area contributed by atoms with Crippen molar-refractivity contribution < 1.29 is 24.2 Å². The number of morpholine rings is 1. The lowest BCUT2D eigenvalue weighted by molar-refractivity contribution is -0.139. The molecule has 2 fully saturated rings. The summed E-state index contributed by atoms with van der Waals surface area (Å²) >= 11 is 0. The van der Waals surface area contributed by atoms with Crippen LogP contribution < -0.4 is 5.32 Å². The van der Waals surface area contributed by atoms with Crippen LogP contribution in [0.4, 0.5) is 4.79 Å². The number of hydrogen-bond acceptors (Lipinski definition) is 4. The lowest BCUT2D eigenvalue weighted by Crippen LogP contribution is -2.56. The summed E-state index contributed by atoms with van der Waals surface area (Å²) in [6.45, 7) is 1.15. The van der Waals surface area contributed by atoms with Crippen molar-refractivity contribution in [1.29, 1.82) is 0 Å². The summed E-state index contributed by atoms with van der Waals surface area (Å²) in [5.41, 5.74) is 0. The number of ether oxygens (including phenoxy) is 2. The fourth-order valence-corrected chi connectivity index (χ4v) is 2.91. The van der Waals surface area contributed by atoms with E-state index in [0.717, 1.165) is 19.3 Å². The van der Waals surface area contributed by atoms with Crippen molar-refractivity contribution in [3.63, 3.8) is 0 Å². The SMILES string of the molecule is COC1CCCC1NC(=O)N1CCOCC1CC(=O)O. The highest BCUT2D eigenvalue weighted by atomic mass is 16.5. The molecule has 1 aliphatic heterocycles. The second-order valence-corrected chi connectivity index (χ2v) is 5.28. The van der Waals surface area contributed by atoms with E-state index < -0.39 is 12.0 Å². The van der Waals surface area contributed by atoms with Gasteiger partial charge in [-0.1, -0.05) is 0 Å². The van der Waals surface area contributed by atoms with E-state index in [2.05, 4.69) is 5.32 Å². The summed E-state index contributed by atoms with van der Waals surface area (Å²) in [6, 6.07) is -0.599. The number of nitrogens with zero attached hydrogens (tertiary/aromatic N) is 1. The summed E-state index contributed by atoms with van der Waals surface area (Å²) in [5, 5.41) is 11.9. The minimum Gasteiger partial charge on any atom is -0.481 e. The number of methoxy groups -OCH3 is 1. The third-order valence-electron chi connectivity index (χ3n) is 3.96. The largest absolute Gasteiger partial charge is 0.481 e. The minimum absolute atomic E-state index is 0.0147. The van der Waals surface area contributed by atoms with Gasteiger partial charge in [0.2, 0.25) is 0 Å².